The van der Waals surface area contributed by atoms with E-state index in [0.29, 0.717) is 10.6 Å². The van der Waals surface area contributed by atoms with E-state index in [4.69, 9.17) is 11.6 Å². The molecule has 1 atom stereocenters. The Morgan fingerprint density at radius 3 is 2.39 bits per heavy atom. The molecular weight excluding hydrogens is 254 g/mol. The highest BCUT2D eigenvalue weighted by Gasteiger charge is 2.25. The van der Waals surface area contributed by atoms with Gasteiger partial charge in [-0.25, -0.2) is 4.79 Å². The van der Waals surface area contributed by atoms with E-state index in [9.17, 15) is 9.59 Å². The van der Waals surface area contributed by atoms with Crippen molar-refractivity contribution in [3.8, 4) is 0 Å². The number of carbonyl (C=O) groups excluding carboxylic acids is 2. The lowest BCUT2D eigenvalue weighted by Crippen LogP contribution is -2.45. The van der Waals surface area contributed by atoms with E-state index >= 15 is 0 Å². The molecule has 0 aliphatic carbocycles. The molecule has 0 spiro atoms. The van der Waals surface area contributed by atoms with Crippen molar-refractivity contribution in [2.75, 3.05) is 7.11 Å². The first-order chi connectivity index (χ1) is 8.47. The van der Waals surface area contributed by atoms with Crippen molar-refractivity contribution < 1.29 is 14.3 Å². The largest absolute Gasteiger partial charge is 0.467 e. The van der Waals surface area contributed by atoms with Gasteiger partial charge in [0.15, 0.2) is 0 Å². The topological polar surface area (TPSA) is 55.4 Å². The lowest BCUT2D eigenvalue weighted by atomic mass is 10.0. The summed E-state index contributed by atoms with van der Waals surface area (Å²) in [7, 11) is 1.29. The molecule has 0 aromatic heterocycles. The van der Waals surface area contributed by atoms with Gasteiger partial charge in [-0.3, -0.25) is 4.79 Å². The lowest BCUT2D eigenvalue weighted by molar-refractivity contribution is -0.144. The highest BCUT2D eigenvalue weighted by Crippen LogP contribution is 2.15. The molecule has 1 rings (SSSR count). The summed E-state index contributed by atoms with van der Waals surface area (Å²) in [6.45, 7) is 3.66. The van der Waals surface area contributed by atoms with Crippen LogP contribution in [0.2, 0.25) is 5.02 Å². The van der Waals surface area contributed by atoms with Crippen molar-refractivity contribution in [2.24, 2.45) is 5.92 Å². The highest BCUT2D eigenvalue weighted by atomic mass is 35.5. The van der Waals surface area contributed by atoms with Crippen LogP contribution < -0.4 is 5.32 Å². The van der Waals surface area contributed by atoms with Gasteiger partial charge < -0.3 is 10.1 Å². The number of halogens is 1. The van der Waals surface area contributed by atoms with Gasteiger partial charge in [0, 0.05) is 0 Å². The fourth-order valence-electron chi connectivity index (χ4n) is 1.49. The molecule has 0 unspecified atom stereocenters. The fraction of sp³-hybridized carbons (Fsp3) is 0.385. The number of ether oxygens (including phenoxy) is 1. The molecule has 0 aliphatic rings. The number of methoxy groups -OCH3 is 1. The van der Waals surface area contributed by atoms with Crippen molar-refractivity contribution in [1.29, 1.82) is 0 Å². The van der Waals surface area contributed by atoms with Crippen molar-refractivity contribution in [3.05, 3.63) is 34.9 Å². The average molecular weight is 270 g/mol. The Hall–Kier alpha value is -1.55. The van der Waals surface area contributed by atoms with E-state index in [1.807, 2.05) is 13.8 Å². The molecule has 0 saturated heterocycles. The second-order valence-electron chi connectivity index (χ2n) is 4.20. The molecule has 0 fully saturated rings. The SMILES string of the molecule is COC(=O)[C@H](NC(=O)c1ccccc1Cl)C(C)C. The summed E-state index contributed by atoms with van der Waals surface area (Å²) in [6, 6.07) is 5.99. The minimum absolute atomic E-state index is 0.0658. The van der Waals surface area contributed by atoms with Crippen LogP contribution in [0.5, 0.6) is 0 Å². The molecule has 1 amide bonds. The van der Waals surface area contributed by atoms with Gasteiger partial charge in [0.25, 0.3) is 5.91 Å². The van der Waals surface area contributed by atoms with Crippen molar-refractivity contribution >= 4 is 23.5 Å². The summed E-state index contributed by atoms with van der Waals surface area (Å²) in [4.78, 5) is 23.5. The maximum absolute atomic E-state index is 12.0. The summed E-state index contributed by atoms with van der Waals surface area (Å²) < 4.78 is 4.65. The molecule has 4 nitrogen and oxygen atoms in total. The predicted octanol–water partition coefficient (Wildman–Crippen LogP) is 2.27. The molecule has 0 heterocycles. The maximum Gasteiger partial charge on any atom is 0.328 e. The van der Waals surface area contributed by atoms with Crippen LogP contribution in [0.25, 0.3) is 0 Å². The van der Waals surface area contributed by atoms with Gasteiger partial charge in [-0.05, 0) is 18.1 Å². The van der Waals surface area contributed by atoms with Gasteiger partial charge in [-0.2, -0.15) is 0 Å². The Balaban J connectivity index is 2.86. The summed E-state index contributed by atoms with van der Waals surface area (Å²) in [6.07, 6.45) is 0. The molecule has 5 heteroatoms. The zero-order chi connectivity index (χ0) is 13.7. The molecule has 0 saturated carbocycles. The first-order valence-electron chi connectivity index (χ1n) is 5.60. The number of amides is 1. The van der Waals surface area contributed by atoms with Crippen LogP contribution >= 0.6 is 11.6 Å². The number of rotatable bonds is 4. The van der Waals surface area contributed by atoms with Gasteiger partial charge in [0.2, 0.25) is 0 Å². The van der Waals surface area contributed by atoms with E-state index < -0.39 is 12.0 Å². The number of carbonyl (C=O) groups is 2. The van der Waals surface area contributed by atoms with E-state index in [-0.39, 0.29) is 11.8 Å². The van der Waals surface area contributed by atoms with E-state index in [1.165, 1.54) is 7.11 Å². The summed E-state index contributed by atoms with van der Waals surface area (Å²) >= 11 is 5.92. The summed E-state index contributed by atoms with van der Waals surface area (Å²) in [5.74, 6) is -0.918. The number of nitrogens with one attached hydrogen (secondary N) is 1. The molecular formula is C13H16ClNO3. The fourth-order valence-corrected chi connectivity index (χ4v) is 1.71. The van der Waals surface area contributed by atoms with Crippen LogP contribution in [0.1, 0.15) is 24.2 Å². The van der Waals surface area contributed by atoms with Crippen LogP contribution in [-0.2, 0) is 9.53 Å². The Bertz CT molecular complexity index is 446. The molecule has 1 aromatic carbocycles. The normalized spacial score (nSPS) is 12.1. The van der Waals surface area contributed by atoms with E-state index in [2.05, 4.69) is 10.1 Å². The Kier molecular flexibility index (Phi) is 5.16. The molecule has 0 aliphatic heterocycles. The minimum atomic E-state index is -0.682. The highest BCUT2D eigenvalue weighted by molar-refractivity contribution is 6.33. The van der Waals surface area contributed by atoms with Crippen LogP contribution in [0.4, 0.5) is 0 Å². The van der Waals surface area contributed by atoms with Crippen LogP contribution in [-0.4, -0.2) is 25.0 Å². The Labute approximate surface area is 111 Å². The molecule has 1 N–H and O–H groups in total. The zero-order valence-corrected chi connectivity index (χ0v) is 11.3. The van der Waals surface area contributed by atoms with Crippen LogP contribution in [0.3, 0.4) is 0 Å². The number of hydrogen-bond donors (Lipinski definition) is 1. The summed E-state index contributed by atoms with van der Waals surface area (Å²) in [5, 5.41) is 2.98. The Morgan fingerprint density at radius 2 is 1.89 bits per heavy atom. The van der Waals surface area contributed by atoms with Gasteiger partial charge in [0.05, 0.1) is 17.7 Å². The Morgan fingerprint density at radius 1 is 1.28 bits per heavy atom. The average Bonchev–Trinajstić information content (AvgIpc) is 2.35. The first kappa shape index (κ1) is 14.5. The van der Waals surface area contributed by atoms with Crippen LogP contribution in [0, 0.1) is 5.92 Å². The predicted molar refractivity (Wildman–Crippen MR) is 69.6 cm³/mol. The second kappa shape index (κ2) is 6.40. The molecule has 1 aromatic rings. The van der Waals surface area contributed by atoms with Crippen molar-refractivity contribution in [1.82, 2.24) is 5.32 Å². The number of esters is 1. The molecule has 0 radical (unpaired) electrons. The third kappa shape index (κ3) is 3.47. The van der Waals surface area contributed by atoms with Crippen molar-refractivity contribution in [3.63, 3.8) is 0 Å². The lowest BCUT2D eigenvalue weighted by Gasteiger charge is -2.20. The number of benzene rings is 1. The maximum atomic E-state index is 12.0. The van der Waals surface area contributed by atoms with Gasteiger partial charge >= 0.3 is 5.97 Å². The smallest absolute Gasteiger partial charge is 0.328 e. The van der Waals surface area contributed by atoms with E-state index in [1.54, 1.807) is 24.3 Å². The molecule has 0 bridgehead atoms. The van der Waals surface area contributed by atoms with Crippen molar-refractivity contribution in [2.45, 2.75) is 19.9 Å². The van der Waals surface area contributed by atoms with E-state index in [0.717, 1.165) is 0 Å². The van der Waals surface area contributed by atoms with Gasteiger partial charge in [0.1, 0.15) is 6.04 Å². The molecule has 98 valence electrons. The number of hydrogen-bond acceptors (Lipinski definition) is 3. The third-order valence-corrected chi connectivity index (χ3v) is 2.86. The zero-order valence-electron chi connectivity index (χ0n) is 10.6. The molecule has 18 heavy (non-hydrogen) atoms. The first-order valence-corrected chi connectivity index (χ1v) is 5.98. The van der Waals surface area contributed by atoms with Gasteiger partial charge in [-0.15, -0.1) is 0 Å². The minimum Gasteiger partial charge on any atom is -0.467 e. The standard InChI is InChI=1S/C13H16ClNO3/c1-8(2)11(13(17)18-3)15-12(16)9-6-4-5-7-10(9)14/h4-8,11H,1-3H3,(H,15,16)/t11-/m1/s1. The quantitative estimate of drug-likeness (QED) is 0.853. The van der Waals surface area contributed by atoms with Gasteiger partial charge in [-0.1, -0.05) is 37.6 Å². The summed E-state index contributed by atoms with van der Waals surface area (Å²) in [5.41, 5.74) is 0.341. The van der Waals surface area contributed by atoms with Crippen LogP contribution in [0.15, 0.2) is 24.3 Å². The monoisotopic (exact) mass is 269 g/mol. The second-order valence-corrected chi connectivity index (χ2v) is 4.61. The third-order valence-electron chi connectivity index (χ3n) is 2.53.